The number of rotatable bonds is 4. The van der Waals surface area contributed by atoms with E-state index in [0.29, 0.717) is 16.4 Å². The number of aryl methyl sites for hydroxylation is 1. The summed E-state index contributed by atoms with van der Waals surface area (Å²) in [6.07, 6.45) is 0.205. The van der Waals surface area contributed by atoms with Crippen LogP contribution in [0.4, 0.5) is 10.1 Å². The summed E-state index contributed by atoms with van der Waals surface area (Å²) in [5.74, 6) is -0.844. The lowest BCUT2D eigenvalue weighted by molar-refractivity contribution is -0.118. The number of benzene rings is 1. The molecule has 1 aromatic heterocycles. The molecule has 1 atom stereocenters. The Kier molecular flexibility index (Phi) is 4.88. The molecule has 2 aromatic rings. The van der Waals surface area contributed by atoms with E-state index in [1.54, 1.807) is 19.1 Å². The van der Waals surface area contributed by atoms with E-state index in [4.69, 9.17) is 11.6 Å². The minimum Gasteiger partial charge on any atom is -0.388 e. The first-order valence-corrected chi connectivity index (χ1v) is 6.69. The predicted molar refractivity (Wildman–Crippen MR) is 78.6 cm³/mol. The maximum Gasteiger partial charge on any atom is 0.227 e. The number of nitrogens with zero attached hydrogens (tertiary/aromatic N) is 1. The van der Waals surface area contributed by atoms with Crippen molar-refractivity contribution in [1.82, 2.24) is 4.98 Å². The zero-order chi connectivity index (χ0) is 15.4. The summed E-state index contributed by atoms with van der Waals surface area (Å²) in [6.45, 7) is 1.78. The predicted octanol–water partition coefficient (Wildman–Crippen LogP) is 3.24. The number of aromatic nitrogens is 1. The molecule has 1 heterocycles. The number of hydrogen-bond donors (Lipinski definition) is 2. The number of nitrogens with one attached hydrogen (secondary N) is 1. The van der Waals surface area contributed by atoms with E-state index in [2.05, 4.69) is 10.3 Å². The van der Waals surface area contributed by atoms with Gasteiger partial charge in [0.1, 0.15) is 11.0 Å². The molecule has 2 N–H and O–H groups in total. The van der Waals surface area contributed by atoms with E-state index < -0.39 is 11.9 Å². The van der Waals surface area contributed by atoms with Gasteiger partial charge in [0.2, 0.25) is 5.91 Å². The molecule has 2 rings (SSSR count). The highest BCUT2D eigenvalue weighted by Gasteiger charge is 2.14. The molecule has 0 fully saturated rings. The van der Waals surface area contributed by atoms with Crippen LogP contribution in [0.15, 0.2) is 36.5 Å². The second kappa shape index (κ2) is 6.65. The third-order valence-electron chi connectivity index (χ3n) is 2.96. The highest BCUT2D eigenvalue weighted by molar-refractivity contribution is 6.29. The molecule has 1 unspecified atom stereocenters. The molecule has 0 aliphatic heterocycles. The van der Waals surface area contributed by atoms with Crippen LogP contribution in [0.2, 0.25) is 5.15 Å². The van der Waals surface area contributed by atoms with Gasteiger partial charge in [-0.25, -0.2) is 9.37 Å². The molecule has 0 saturated carbocycles. The lowest BCUT2D eigenvalue weighted by Crippen LogP contribution is -2.16. The number of carbonyl (C=O) groups is 1. The first kappa shape index (κ1) is 15.4. The first-order chi connectivity index (χ1) is 9.95. The van der Waals surface area contributed by atoms with Gasteiger partial charge in [0, 0.05) is 0 Å². The van der Waals surface area contributed by atoms with Gasteiger partial charge in [-0.15, -0.1) is 0 Å². The molecule has 6 heteroatoms. The summed E-state index contributed by atoms with van der Waals surface area (Å²) in [6, 6.07) is 7.15. The third kappa shape index (κ3) is 4.24. The van der Waals surface area contributed by atoms with Crippen LogP contribution in [0.5, 0.6) is 0 Å². The number of hydrogen-bond acceptors (Lipinski definition) is 3. The molecular weight excluding hydrogens is 295 g/mol. The Hall–Kier alpha value is -1.98. The zero-order valence-corrected chi connectivity index (χ0v) is 12.1. The number of halogens is 2. The topological polar surface area (TPSA) is 62.2 Å². The van der Waals surface area contributed by atoms with E-state index in [1.165, 1.54) is 24.4 Å². The fraction of sp³-hybridized carbons (Fsp3) is 0.200. The number of pyridine rings is 1. The fourth-order valence-corrected chi connectivity index (χ4v) is 2.07. The quantitative estimate of drug-likeness (QED) is 0.852. The van der Waals surface area contributed by atoms with Crippen LogP contribution in [-0.2, 0) is 4.79 Å². The third-order valence-corrected chi connectivity index (χ3v) is 3.17. The Bertz CT molecular complexity index is 664. The van der Waals surface area contributed by atoms with Gasteiger partial charge in [0.15, 0.2) is 0 Å². The molecule has 110 valence electrons. The highest BCUT2D eigenvalue weighted by Crippen LogP contribution is 2.20. The Balaban J connectivity index is 2.01. The fourth-order valence-electron chi connectivity index (χ4n) is 1.86. The maximum absolute atomic E-state index is 13.1. The van der Waals surface area contributed by atoms with Crippen LogP contribution in [0.1, 0.15) is 23.7 Å². The minimum atomic E-state index is -1.07. The van der Waals surface area contributed by atoms with Crippen molar-refractivity contribution in [1.29, 1.82) is 0 Å². The summed E-state index contributed by atoms with van der Waals surface area (Å²) in [7, 11) is 0. The van der Waals surface area contributed by atoms with Gasteiger partial charge >= 0.3 is 0 Å². The number of aliphatic hydroxyl groups excluding tert-OH is 1. The van der Waals surface area contributed by atoms with Gasteiger partial charge in [0.05, 0.1) is 24.4 Å². The monoisotopic (exact) mass is 308 g/mol. The van der Waals surface area contributed by atoms with E-state index in [1.807, 2.05) is 0 Å². The average Bonchev–Trinajstić information content (AvgIpc) is 2.42. The Labute approximate surface area is 126 Å². The number of aliphatic hydroxyl groups is 1. The molecule has 1 aromatic carbocycles. The molecule has 0 radical (unpaired) electrons. The van der Waals surface area contributed by atoms with Gasteiger partial charge in [0.25, 0.3) is 0 Å². The summed E-state index contributed by atoms with van der Waals surface area (Å²) in [4.78, 5) is 15.8. The van der Waals surface area contributed by atoms with Crippen molar-refractivity contribution in [2.45, 2.75) is 19.4 Å². The molecule has 1 amide bonds. The van der Waals surface area contributed by atoms with E-state index in [0.717, 1.165) is 5.56 Å². The smallest absolute Gasteiger partial charge is 0.227 e. The lowest BCUT2D eigenvalue weighted by Gasteiger charge is -2.12. The Morgan fingerprint density at radius 2 is 2.24 bits per heavy atom. The standard InChI is InChI=1S/C15H14ClFN2O2/c1-9-5-14(16)18-8-12(9)19-15(21)7-13(20)10-3-2-4-11(17)6-10/h2-6,8,13,20H,7H2,1H3,(H,19,21). The molecule has 0 spiro atoms. The second-order valence-electron chi connectivity index (χ2n) is 4.65. The van der Waals surface area contributed by atoms with Crippen LogP contribution in [0, 0.1) is 12.7 Å². The molecular formula is C15H14ClFN2O2. The van der Waals surface area contributed by atoms with Crippen LogP contribution < -0.4 is 5.32 Å². The number of anilines is 1. The van der Waals surface area contributed by atoms with Crippen molar-refractivity contribution < 1.29 is 14.3 Å². The zero-order valence-electron chi connectivity index (χ0n) is 11.3. The van der Waals surface area contributed by atoms with Gasteiger partial charge in [-0.1, -0.05) is 23.7 Å². The van der Waals surface area contributed by atoms with Crippen molar-refractivity contribution in [3.63, 3.8) is 0 Å². The van der Waals surface area contributed by atoms with Crippen molar-refractivity contribution in [2.75, 3.05) is 5.32 Å². The van der Waals surface area contributed by atoms with E-state index in [9.17, 15) is 14.3 Å². The normalized spacial score (nSPS) is 12.0. The molecule has 21 heavy (non-hydrogen) atoms. The lowest BCUT2D eigenvalue weighted by atomic mass is 10.1. The summed E-state index contributed by atoms with van der Waals surface area (Å²) in [5.41, 5.74) is 1.65. The summed E-state index contributed by atoms with van der Waals surface area (Å²) < 4.78 is 13.1. The van der Waals surface area contributed by atoms with Crippen molar-refractivity contribution >= 4 is 23.2 Å². The first-order valence-electron chi connectivity index (χ1n) is 6.31. The largest absolute Gasteiger partial charge is 0.388 e. The molecule has 0 aliphatic rings. The SMILES string of the molecule is Cc1cc(Cl)ncc1NC(=O)CC(O)c1cccc(F)c1. The van der Waals surface area contributed by atoms with Gasteiger partial charge in [-0.2, -0.15) is 0 Å². The summed E-state index contributed by atoms with van der Waals surface area (Å²) >= 11 is 5.73. The van der Waals surface area contributed by atoms with Crippen molar-refractivity contribution in [3.8, 4) is 0 Å². The van der Waals surface area contributed by atoms with Gasteiger partial charge in [-0.05, 0) is 36.2 Å². The average molecular weight is 309 g/mol. The van der Waals surface area contributed by atoms with Gasteiger partial charge < -0.3 is 10.4 Å². The molecule has 0 saturated heterocycles. The Morgan fingerprint density at radius 3 is 2.90 bits per heavy atom. The maximum atomic E-state index is 13.1. The van der Waals surface area contributed by atoms with Gasteiger partial charge in [-0.3, -0.25) is 4.79 Å². The van der Waals surface area contributed by atoms with Crippen molar-refractivity contribution in [2.24, 2.45) is 0 Å². The number of amides is 1. The van der Waals surface area contributed by atoms with Crippen LogP contribution in [-0.4, -0.2) is 16.0 Å². The second-order valence-corrected chi connectivity index (χ2v) is 5.03. The van der Waals surface area contributed by atoms with Crippen LogP contribution in [0.3, 0.4) is 0 Å². The summed E-state index contributed by atoms with van der Waals surface area (Å²) in [5, 5.41) is 12.9. The Morgan fingerprint density at radius 1 is 1.48 bits per heavy atom. The minimum absolute atomic E-state index is 0.175. The van der Waals surface area contributed by atoms with E-state index in [-0.39, 0.29) is 12.3 Å². The highest BCUT2D eigenvalue weighted by atomic mass is 35.5. The van der Waals surface area contributed by atoms with Crippen molar-refractivity contribution in [3.05, 3.63) is 58.6 Å². The van der Waals surface area contributed by atoms with Crippen LogP contribution >= 0.6 is 11.6 Å². The van der Waals surface area contributed by atoms with E-state index >= 15 is 0 Å². The molecule has 4 nitrogen and oxygen atoms in total. The number of carbonyl (C=O) groups excluding carboxylic acids is 1. The molecule has 0 bridgehead atoms. The van der Waals surface area contributed by atoms with Crippen LogP contribution in [0.25, 0.3) is 0 Å². The molecule has 0 aliphatic carbocycles.